The maximum atomic E-state index is 12.6. The van der Waals surface area contributed by atoms with E-state index in [2.05, 4.69) is 15.0 Å². The molecule has 0 unspecified atom stereocenters. The number of rotatable bonds is 4. The highest BCUT2D eigenvalue weighted by atomic mass is 19.4. The fourth-order valence-electron chi connectivity index (χ4n) is 3.17. The van der Waals surface area contributed by atoms with Crippen LogP contribution in [0.4, 0.5) is 13.2 Å². The fraction of sp³-hybridized carbons (Fsp3) is 0.529. The van der Waals surface area contributed by atoms with Crippen LogP contribution in [0.5, 0.6) is 0 Å². The summed E-state index contributed by atoms with van der Waals surface area (Å²) in [5.74, 6) is 0.194. The molecule has 0 aliphatic carbocycles. The lowest BCUT2D eigenvalue weighted by Gasteiger charge is -2.32. The molecule has 0 radical (unpaired) electrons. The van der Waals surface area contributed by atoms with Crippen LogP contribution in [0.1, 0.15) is 24.1 Å². The number of aromatic nitrogens is 4. The Bertz CT molecular complexity index is 914. The molecule has 2 aromatic rings. The summed E-state index contributed by atoms with van der Waals surface area (Å²) in [6.45, 7) is 2.54. The molecule has 1 saturated heterocycles. The highest BCUT2D eigenvalue weighted by Crippen LogP contribution is 2.26. The van der Waals surface area contributed by atoms with Crippen LogP contribution in [0.15, 0.2) is 34.2 Å². The van der Waals surface area contributed by atoms with Gasteiger partial charge in [-0.2, -0.15) is 18.3 Å². The number of piperidine rings is 1. The molecular weight excluding hydrogens is 363 g/mol. The van der Waals surface area contributed by atoms with Gasteiger partial charge in [-0.05, 0) is 37.4 Å². The molecule has 3 rings (SSSR count). The normalized spacial score (nSPS) is 16.6. The standard InChI is InChI=1S/C17H20F3N5O2/c1-23-15(26)6-13(8-22-23)9-24-4-2-12(3-5-24)10-25-11-21-14(7-16(25)27)17(18,19)20/h6-8,11-12H,2-5,9-10H2,1H3. The molecule has 7 nitrogen and oxygen atoms in total. The average molecular weight is 383 g/mol. The van der Waals surface area contributed by atoms with E-state index in [9.17, 15) is 22.8 Å². The number of hydrogen-bond acceptors (Lipinski definition) is 5. The van der Waals surface area contributed by atoms with Crippen LogP contribution in [-0.2, 0) is 26.3 Å². The maximum Gasteiger partial charge on any atom is 0.433 e. The summed E-state index contributed by atoms with van der Waals surface area (Å²) in [5, 5.41) is 4.00. The van der Waals surface area contributed by atoms with Gasteiger partial charge in [0.15, 0.2) is 5.69 Å². The monoisotopic (exact) mass is 383 g/mol. The van der Waals surface area contributed by atoms with E-state index in [0.717, 1.165) is 37.8 Å². The molecule has 1 aliphatic rings. The van der Waals surface area contributed by atoms with Crippen LogP contribution in [0.25, 0.3) is 0 Å². The number of likely N-dealkylation sites (tertiary alicyclic amines) is 1. The van der Waals surface area contributed by atoms with Gasteiger partial charge in [-0.15, -0.1) is 0 Å². The minimum Gasteiger partial charge on any atom is -0.299 e. The molecule has 146 valence electrons. The van der Waals surface area contributed by atoms with E-state index in [0.29, 0.717) is 19.2 Å². The van der Waals surface area contributed by atoms with Gasteiger partial charge in [-0.3, -0.25) is 19.1 Å². The van der Waals surface area contributed by atoms with E-state index < -0.39 is 17.4 Å². The largest absolute Gasteiger partial charge is 0.433 e. The van der Waals surface area contributed by atoms with E-state index >= 15 is 0 Å². The molecule has 0 bridgehead atoms. The Kier molecular flexibility index (Phi) is 5.45. The third kappa shape index (κ3) is 4.82. The first-order chi connectivity index (χ1) is 12.7. The van der Waals surface area contributed by atoms with Gasteiger partial charge >= 0.3 is 6.18 Å². The van der Waals surface area contributed by atoms with Crippen LogP contribution >= 0.6 is 0 Å². The molecule has 0 amide bonds. The second-order valence-corrected chi connectivity index (χ2v) is 6.81. The molecule has 10 heteroatoms. The van der Waals surface area contributed by atoms with E-state index in [4.69, 9.17) is 0 Å². The summed E-state index contributed by atoms with van der Waals surface area (Å²) in [6.07, 6.45) is -0.349. The van der Waals surface area contributed by atoms with E-state index in [-0.39, 0.29) is 11.5 Å². The van der Waals surface area contributed by atoms with Crippen molar-refractivity contribution in [3.8, 4) is 0 Å². The lowest BCUT2D eigenvalue weighted by Crippen LogP contribution is -2.36. The molecule has 0 atom stereocenters. The summed E-state index contributed by atoms with van der Waals surface area (Å²) < 4.78 is 40.3. The highest BCUT2D eigenvalue weighted by Gasteiger charge is 2.33. The number of hydrogen-bond donors (Lipinski definition) is 0. The van der Waals surface area contributed by atoms with Crippen LogP contribution in [-0.4, -0.2) is 37.3 Å². The fourth-order valence-corrected chi connectivity index (χ4v) is 3.17. The summed E-state index contributed by atoms with van der Waals surface area (Å²) in [7, 11) is 1.59. The van der Waals surface area contributed by atoms with E-state index in [1.165, 1.54) is 9.25 Å². The second kappa shape index (κ2) is 7.63. The predicted molar refractivity (Wildman–Crippen MR) is 91.0 cm³/mol. The quantitative estimate of drug-likeness (QED) is 0.795. The summed E-state index contributed by atoms with van der Waals surface area (Å²) in [6, 6.07) is 2.10. The summed E-state index contributed by atoms with van der Waals surface area (Å²) in [4.78, 5) is 29.1. The number of alkyl halides is 3. The van der Waals surface area contributed by atoms with Crippen molar-refractivity contribution in [2.75, 3.05) is 13.1 Å². The lowest BCUT2D eigenvalue weighted by molar-refractivity contribution is -0.141. The van der Waals surface area contributed by atoms with Crippen molar-refractivity contribution in [3.05, 3.63) is 56.6 Å². The van der Waals surface area contributed by atoms with Gasteiger partial charge in [0.1, 0.15) is 0 Å². The number of halogens is 3. The van der Waals surface area contributed by atoms with Crippen molar-refractivity contribution < 1.29 is 13.2 Å². The predicted octanol–water partition coefficient (Wildman–Crippen LogP) is 1.27. The zero-order valence-electron chi connectivity index (χ0n) is 14.8. The molecule has 0 N–H and O–H groups in total. The second-order valence-electron chi connectivity index (χ2n) is 6.81. The van der Waals surface area contributed by atoms with Crippen molar-refractivity contribution in [2.45, 2.75) is 32.1 Å². The number of aryl methyl sites for hydroxylation is 1. The molecule has 2 aromatic heterocycles. The SMILES string of the molecule is Cn1ncc(CN2CCC(Cn3cnc(C(F)(F)F)cc3=O)CC2)cc1=O. The molecule has 0 spiro atoms. The van der Waals surface area contributed by atoms with Gasteiger partial charge in [-0.25, -0.2) is 9.67 Å². The van der Waals surface area contributed by atoms with Crippen molar-refractivity contribution in [2.24, 2.45) is 13.0 Å². The molecule has 0 saturated carbocycles. The first-order valence-corrected chi connectivity index (χ1v) is 8.60. The molecule has 3 heterocycles. The van der Waals surface area contributed by atoms with Crippen LogP contribution in [0.3, 0.4) is 0 Å². The van der Waals surface area contributed by atoms with Gasteiger partial charge < -0.3 is 0 Å². The molecular formula is C17H20F3N5O2. The van der Waals surface area contributed by atoms with Gasteiger partial charge in [0.25, 0.3) is 11.1 Å². The number of nitrogens with zero attached hydrogens (tertiary/aromatic N) is 5. The summed E-state index contributed by atoms with van der Waals surface area (Å²) >= 11 is 0. The van der Waals surface area contributed by atoms with Gasteiger partial charge in [0, 0.05) is 32.3 Å². The molecule has 27 heavy (non-hydrogen) atoms. The topological polar surface area (TPSA) is 73.0 Å². The van der Waals surface area contributed by atoms with Crippen LogP contribution in [0, 0.1) is 5.92 Å². The van der Waals surface area contributed by atoms with Crippen molar-refractivity contribution in [3.63, 3.8) is 0 Å². The van der Waals surface area contributed by atoms with Crippen LogP contribution in [0.2, 0.25) is 0 Å². The van der Waals surface area contributed by atoms with Crippen molar-refractivity contribution in [1.82, 2.24) is 24.2 Å². The Hall–Kier alpha value is -2.49. The Balaban J connectivity index is 1.56. The highest BCUT2D eigenvalue weighted by molar-refractivity contribution is 5.06. The zero-order valence-corrected chi connectivity index (χ0v) is 14.8. The first-order valence-electron chi connectivity index (χ1n) is 8.60. The average Bonchev–Trinajstić information content (AvgIpc) is 2.61. The van der Waals surface area contributed by atoms with E-state index in [1.54, 1.807) is 19.3 Å². The smallest absolute Gasteiger partial charge is 0.299 e. The Labute approximate surface area is 153 Å². The minimum atomic E-state index is -4.61. The Morgan fingerprint density at radius 3 is 2.44 bits per heavy atom. The van der Waals surface area contributed by atoms with Gasteiger partial charge in [0.05, 0.1) is 12.5 Å². The van der Waals surface area contributed by atoms with Gasteiger partial charge in [0.2, 0.25) is 0 Å². The van der Waals surface area contributed by atoms with Crippen molar-refractivity contribution >= 4 is 0 Å². The van der Waals surface area contributed by atoms with Crippen LogP contribution < -0.4 is 11.1 Å². The Morgan fingerprint density at radius 1 is 1.15 bits per heavy atom. The Morgan fingerprint density at radius 2 is 1.85 bits per heavy atom. The van der Waals surface area contributed by atoms with Crippen molar-refractivity contribution in [1.29, 1.82) is 0 Å². The third-order valence-corrected chi connectivity index (χ3v) is 4.76. The first kappa shape index (κ1) is 19.3. The molecule has 1 fully saturated rings. The zero-order chi connectivity index (χ0) is 19.6. The summed E-state index contributed by atoms with van der Waals surface area (Å²) in [5.41, 5.74) is -1.16. The molecule has 0 aromatic carbocycles. The van der Waals surface area contributed by atoms with Gasteiger partial charge in [-0.1, -0.05) is 0 Å². The maximum absolute atomic E-state index is 12.6. The van der Waals surface area contributed by atoms with E-state index in [1.807, 2.05) is 0 Å². The lowest BCUT2D eigenvalue weighted by atomic mass is 9.96. The molecule has 1 aliphatic heterocycles. The minimum absolute atomic E-state index is 0.156. The third-order valence-electron chi connectivity index (χ3n) is 4.76.